The second-order valence-electron chi connectivity index (χ2n) is 12.1. The third kappa shape index (κ3) is 6.01. The highest BCUT2D eigenvalue weighted by molar-refractivity contribution is 6.45. The van der Waals surface area contributed by atoms with Gasteiger partial charge in [0.2, 0.25) is 5.91 Å². The van der Waals surface area contributed by atoms with E-state index in [1.54, 1.807) is 0 Å². The van der Waals surface area contributed by atoms with Gasteiger partial charge in [0.05, 0.1) is 16.6 Å². The number of carbonyl (C=O) groups excluding carboxylic acids is 1. The van der Waals surface area contributed by atoms with Crippen LogP contribution in [0, 0.1) is 17.3 Å². The molecule has 30 heavy (non-hydrogen) atoms. The SMILES string of the molecule is CCN(C)C[C@@H]1CC[C@@H](CCB2OC(C)(C)C(C)(C)O2)C[C@]1(C)C(=O)NC(C)(C)C. The first-order chi connectivity index (χ1) is 13.6. The predicted molar refractivity (Wildman–Crippen MR) is 126 cm³/mol. The first kappa shape index (κ1) is 25.7. The molecule has 174 valence electrons. The van der Waals surface area contributed by atoms with E-state index in [0.717, 1.165) is 38.7 Å². The number of hydrogen-bond acceptors (Lipinski definition) is 4. The fraction of sp³-hybridized carbons (Fsp3) is 0.958. The second kappa shape index (κ2) is 9.11. The summed E-state index contributed by atoms with van der Waals surface area (Å²) in [6.45, 7) is 21.0. The number of nitrogens with zero attached hydrogens (tertiary/aromatic N) is 1. The molecule has 1 aliphatic carbocycles. The second-order valence-corrected chi connectivity index (χ2v) is 12.1. The van der Waals surface area contributed by atoms with Crippen LogP contribution in [0.5, 0.6) is 0 Å². The molecule has 1 saturated carbocycles. The Labute approximate surface area is 186 Å². The van der Waals surface area contributed by atoms with Crippen molar-refractivity contribution < 1.29 is 14.1 Å². The summed E-state index contributed by atoms with van der Waals surface area (Å²) in [5.74, 6) is 1.13. The lowest BCUT2D eigenvalue weighted by Gasteiger charge is -2.46. The molecule has 1 amide bonds. The zero-order chi connectivity index (χ0) is 23.0. The normalized spacial score (nSPS) is 31.2. The van der Waals surface area contributed by atoms with Crippen LogP contribution in [0.25, 0.3) is 0 Å². The largest absolute Gasteiger partial charge is 0.457 e. The average Bonchev–Trinajstić information content (AvgIpc) is 2.80. The Hall–Kier alpha value is -0.585. The van der Waals surface area contributed by atoms with Crippen molar-refractivity contribution in [2.24, 2.45) is 17.3 Å². The van der Waals surface area contributed by atoms with Crippen molar-refractivity contribution >= 4 is 13.0 Å². The monoisotopic (exact) mass is 422 g/mol. The molecular weight excluding hydrogens is 375 g/mol. The minimum atomic E-state index is -0.338. The van der Waals surface area contributed by atoms with Gasteiger partial charge in [-0.3, -0.25) is 4.79 Å². The van der Waals surface area contributed by atoms with E-state index in [0.29, 0.717) is 11.8 Å². The van der Waals surface area contributed by atoms with E-state index in [1.807, 2.05) is 0 Å². The minimum absolute atomic E-state index is 0.145. The maximum Gasteiger partial charge on any atom is 0.457 e. The third-order valence-electron chi connectivity index (χ3n) is 7.73. The molecule has 0 spiro atoms. The smallest absolute Gasteiger partial charge is 0.403 e. The van der Waals surface area contributed by atoms with Gasteiger partial charge in [0.25, 0.3) is 0 Å². The Balaban J connectivity index is 2.06. The highest BCUT2D eigenvalue weighted by Crippen LogP contribution is 2.47. The van der Waals surface area contributed by atoms with Gasteiger partial charge >= 0.3 is 7.12 Å². The fourth-order valence-corrected chi connectivity index (χ4v) is 4.88. The average molecular weight is 422 g/mol. The van der Waals surface area contributed by atoms with Gasteiger partial charge in [-0.05, 0) is 93.1 Å². The van der Waals surface area contributed by atoms with Crippen LogP contribution < -0.4 is 5.32 Å². The van der Waals surface area contributed by atoms with Gasteiger partial charge in [0.1, 0.15) is 0 Å². The van der Waals surface area contributed by atoms with E-state index in [9.17, 15) is 4.79 Å². The van der Waals surface area contributed by atoms with Crippen LogP contribution in [0.1, 0.15) is 88.0 Å². The minimum Gasteiger partial charge on any atom is -0.403 e. The topological polar surface area (TPSA) is 50.8 Å². The molecule has 0 aromatic heterocycles. The number of rotatable bonds is 7. The molecule has 1 aliphatic heterocycles. The highest BCUT2D eigenvalue weighted by Gasteiger charge is 2.51. The number of carbonyl (C=O) groups is 1. The lowest BCUT2D eigenvalue weighted by molar-refractivity contribution is -0.139. The standard InChI is InChI=1S/C24H47BN2O3/c1-11-27(10)17-19-13-12-18(16-24(19,9)20(28)26-21(2,3)4)14-15-25-29-22(5,6)23(7,8)30-25/h18-19H,11-17H2,1-10H3,(H,26,28)/t18-,19-,24-/m0/s1. The summed E-state index contributed by atoms with van der Waals surface area (Å²) < 4.78 is 12.4. The van der Waals surface area contributed by atoms with Crippen molar-refractivity contribution in [2.75, 3.05) is 20.1 Å². The number of amides is 1. The summed E-state index contributed by atoms with van der Waals surface area (Å²) >= 11 is 0. The van der Waals surface area contributed by atoms with Gasteiger partial charge in [0.15, 0.2) is 0 Å². The van der Waals surface area contributed by atoms with Crippen molar-refractivity contribution in [3.05, 3.63) is 0 Å². The lowest BCUT2D eigenvalue weighted by Crippen LogP contribution is -2.54. The summed E-state index contributed by atoms with van der Waals surface area (Å²) in [7, 11) is 2.01. The van der Waals surface area contributed by atoms with Gasteiger partial charge in [0, 0.05) is 12.1 Å². The zero-order valence-electron chi connectivity index (χ0n) is 21.4. The Bertz CT molecular complexity index is 586. The molecule has 1 saturated heterocycles. The van der Waals surface area contributed by atoms with E-state index in [1.165, 1.54) is 6.42 Å². The van der Waals surface area contributed by atoms with E-state index in [-0.39, 0.29) is 35.2 Å². The molecule has 2 aliphatic rings. The van der Waals surface area contributed by atoms with Crippen LogP contribution >= 0.6 is 0 Å². The lowest BCUT2D eigenvalue weighted by atomic mass is 9.61. The van der Waals surface area contributed by atoms with Gasteiger partial charge < -0.3 is 19.5 Å². The maximum atomic E-state index is 13.4. The molecule has 0 aromatic rings. The van der Waals surface area contributed by atoms with Gasteiger partial charge in [-0.25, -0.2) is 0 Å². The molecular formula is C24H47BN2O3. The molecule has 6 heteroatoms. The van der Waals surface area contributed by atoms with Gasteiger partial charge in [-0.2, -0.15) is 0 Å². The molecule has 2 rings (SSSR count). The molecule has 0 radical (unpaired) electrons. The molecule has 0 unspecified atom stereocenters. The third-order valence-corrected chi connectivity index (χ3v) is 7.73. The molecule has 0 bridgehead atoms. The van der Waals surface area contributed by atoms with E-state index in [2.05, 4.69) is 79.6 Å². The van der Waals surface area contributed by atoms with Crippen molar-refractivity contribution in [3.63, 3.8) is 0 Å². The molecule has 1 N–H and O–H groups in total. The Kier molecular flexibility index (Phi) is 7.80. The first-order valence-corrected chi connectivity index (χ1v) is 12.0. The van der Waals surface area contributed by atoms with Crippen LogP contribution in [0.3, 0.4) is 0 Å². The summed E-state index contributed by atoms with van der Waals surface area (Å²) in [5.41, 5.74) is -1.10. The van der Waals surface area contributed by atoms with Crippen LogP contribution in [0.2, 0.25) is 6.32 Å². The zero-order valence-corrected chi connectivity index (χ0v) is 21.4. The molecule has 5 nitrogen and oxygen atoms in total. The number of hydrogen-bond donors (Lipinski definition) is 1. The predicted octanol–water partition coefficient (Wildman–Crippen LogP) is 4.76. The summed E-state index contributed by atoms with van der Waals surface area (Å²) in [6.07, 6.45) is 5.17. The van der Waals surface area contributed by atoms with E-state index in [4.69, 9.17) is 9.31 Å². The van der Waals surface area contributed by atoms with Crippen molar-refractivity contribution in [1.82, 2.24) is 10.2 Å². The van der Waals surface area contributed by atoms with E-state index < -0.39 is 0 Å². The Morgan fingerprint density at radius 3 is 2.17 bits per heavy atom. The summed E-state index contributed by atoms with van der Waals surface area (Å²) in [5, 5.41) is 3.28. The highest BCUT2D eigenvalue weighted by atomic mass is 16.7. The molecule has 3 atom stereocenters. The molecule has 0 aromatic carbocycles. The van der Waals surface area contributed by atoms with Gasteiger partial charge in [-0.1, -0.05) is 26.7 Å². The number of nitrogens with one attached hydrogen (secondary N) is 1. The molecule has 1 heterocycles. The quantitative estimate of drug-likeness (QED) is 0.601. The molecule has 2 fully saturated rings. The van der Waals surface area contributed by atoms with Crippen molar-refractivity contribution in [2.45, 2.75) is 111 Å². The van der Waals surface area contributed by atoms with Crippen molar-refractivity contribution in [1.29, 1.82) is 0 Å². The Morgan fingerprint density at radius 1 is 1.10 bits per heavy atom. The Morgan fingerprint density at radius 2 is 1.67 bits per heavy atom. The van der Waals surface area contributed by atoms with Crippen molar-refractivity contribution in [3.8, 4) is 0 Å². The summed E-state index contributed by atoms with van der Waals surface area (Å²) in [6, 6.07) is 0. The van der Waals surface area contributed by atoms with Crippen LogP contribution in [0.4, 0.5) is 0 Å². The van der Waals surface area contributed by atoms with E-state index >= 15 is 0 Å². The van der Waals surface area contributed by atoms with Gasteiger partial charge in [-0.15, -0.1) is 0 Å². The fourth-order valence-electron chi connectivity index (χ4n) is 4.88. The van der Waals surface area contributed by atoms with Crippen LogP contribution in [-0.2, 0) is 14.1 Å². The maximum absolute atomic E-state index is 13.4. The van der Waals surface area contributed by atoms with Crippen LogP contribution in [0.15, 0.2) is 0 Å². The summed E-state index contributed by atoms with van der Waals surface area (Å²) in [4.78, 5) is 15.8. The van der Waals surface area contributed by atoms with Crippen LogP contribution in [-0.4, -0.2) is 54.8 Å². The first-order valence-electron chi connectivity index (χ1n) is 12.0.